The fraction of sp³-hybridized carbons (Fsp3) is 0.783. The Kier molecular flexibility index (Phi) is 3.17. The molecular weight excluding hydrogens is 324 g/mol. The molecule has 4 aliphatic carbocycles. The standard InChI is InChI=1S/C23H32O3/c1-14(24)23-21(3)11-9-18-17(19(21)13-22(23,4)26-23)7-6-15-12-16(25-5)8-10-20(15,18)2/h6,12,17-19H,7-11,13H2,1-5H3/t17-,18+,19-,20-,21-,22-,23+/m1/s1. The molecule has 3 nitrogen and oxygen atoms in total. The number of epoxide rings is 1. The SMILES string of the molecule is COC1=CC2=CC[C@H]3[C@H]4C[C@@]5(C)O[C@@]5(C(C)=O)[C@]4(C)CC[C@@H]3[C@]2(C)CC1. The van der Waals surface area contributed by atoms with Crippen molar-refractivity contribution in [2.45, 2.75) is 77.4 Å². The van der Waals surface area contributed by atoms with Crippen LogP contribution in [0.1, 0.15) is 66.2 Å². The average Bonchev–Trinajstić information content (AvgIpc) is 3.18. The Balaban J connectivity index is 1.54. The van der Waals surface area contributed by atoms with Crippen LogP contribution in [0, 0.1) is 28.6 Å². The summed E-state index contributed by atoms with van der Waals surface area (Å²) < 4.78 is 11.8. The van der Waals surface area contributed by atoms with Crippen LogP contribution >= 0.6 is 0 Å². The Hall–Kier alpha value is -1.09. The third-order valence-electron chi connectivity index (χ3n) is 9.37. The van der Waals surface area contributed by atoms with Crippen molar-refractivity contribution in [1.29, 1.82) is 0 Å². The lowest BCUT2D eigenvalue weighted by Gasteiger charge is -2.57. The number of methoxy groups -OCH3 is 1. The lowest BCUT2D eigenvalue weighted by molar-refractivity contribution is -0.135. The highest BCUT2D eigenvalue weighted by atomic mass is 16.6. The summed E-state index contributed by atoms with van der Waals surface area (Å²) in [6.07, 6.45) is 11.6. The van der Waals surface area contributed by atoms with Gasteiger partial charge < -0.3 is 9.47 Å². The lowest BCUT2D eigenvalue weighted by Crippen LogP contribution is -2.53. The molecule has 1 heterocycles. The highest BCUT2D eigenvalue weighted by molar-refractivity contribution is 5.91. The first-order valence-electron chi connectivity index (χ1n) is 10.4. The number of hydrogen-bond donors (Lipinski definition) is 0. The predicted molar refractivity (Wildman–Crippen MR) is 100 cm³/mol. The molecule has 5 aliphatic rings. The van der Waals surface area contributed by atoms with Crippen LogP contribution in [0.4, 0.5) is 0 Å². The average molecular weight is 357 g/mol. The minimum atomic E-state index is -0.504. The first kappa shape index (κ1) is 17.0. The molecule has 3 fully saturated rings. The first-order valence-corrected chi connectivity index (χ1v) is 10.4. The number of ketones is 1. The van der Waals surface area contributed by atoms with Gasteiger partial charge in [0, 0.05) is 11.8 Å². The van der Waals surface area contributed by atoms with Crippen LogP contribution in [-0.4, -0.2) is 24.1 Å². The molecule has 142 valence electrons. The van der Waals surface area contributed by atoms with Gasteiger partial charge in [-0.1, -0.05) is 19.9 Å². The van der Waals surface area contributed by atoms with Crippen molar-refractivity contribution < 1.29 is 14.3 Å². The normalized spacial score (nSPS) is 54.1. The topological polar surface area (TPSA) is 38.8 Å². The molecule has 1 saturated heterocycles. The highest BCUT2D eigenvalue weighted by Crippen LogP contribution is 2.77. The van der Waals surface area contributed by atoms with E-state index in [1.807, 2.05) is 0 Å². The van der Waals surface area contributed by atoms with Crippen LogP contribution in [-0.2, 0) is 14.3 Å². The maximum Gasteiger partial charge on any atom is 0.165 e. The molecule has 0 aromatic carbocycles. The van der Waals surface area contributed by atoms with Gasteiger partial charge in [-0.3, -0.25) is 4.79 Å². The summed E-state index contributed by atoms with van der Waals surface area (Å²) in [5.74, 6) is 3.40. The summed E-state index contributed by atoms with van der Waals surface area (Å²) in [6, 6.07) is 0. The molecule has 0 unspecified atom stereocenters. The summed E-state index contributed by atoms with van der Waals surface area (Å²) in [6.45, 7) is 8.78. The van der Waals surface area contributed by atoms with Gasteiger partial charge >= 0.3 is 0 Å². The number of carbonyl (C=O) groups is 1. The zero-order chi connectivity index (χ0) is 18.5. The zero-order valence-electron chi connectivity index (χ0n) is 16.9. The largest absolute Gasteiger partial charge is 0.501 e. The van der Waals surface area contributed by atoms with Crippen molar-refractivity contribution in [2.24, 2.45) is 28.6 Å². The number of hydrogen-bond acceptors (Lipinski definition) is 3. The predicted octanol–water partition coefficient (Wildman–Crippen LogP) is 4.82. The third kappa shape index (κ3) is 1.68. The second kappa shape index (κ2) is 4.84. The van der Waals surface area contributed by atoms with Crippen molar-refractivity contribution in [3.63, 3.8) is 0 Å². The van der Waals surface area contributed by atoms with Crippen molar-refractivity contribution in [3.05, 3.63) is 23.5 Å². The highest BCUT2D eigenvalue weighted by Gasteiger charge is 2.85. The van der Waals surface area contributed by atoms with Gasteiger partial charge in [0.05, 0.1) is 12.9 Å². The number of allylic oxidation sites excluding steroid dienone is 4. The first-order chi connectivity index (χ1) is 12.2. The van der Waals surface area contributed by atoms with Crippen molar-refractivity contribution in [1.82, 2.24) is 0 Å². The van der Waals surface area contributed by atoms with Crippen LogP contribution in [0.3, 0.4) is 0 Å². The van der Waals surface area contributed by atoms with Crippen molar-refractivity contribution >= 4 is 5.78 Å². The number of rotatable bonds is 2. The molecule has 5 rings (SSSR count). The Bertz CT molecular complexity index is 751. The van der Waals surface area contributed by atoms with E-state index in [2.05, 4.69) is 32.9 Å². The molecule has 2 saturated carbocycles. The van der Waals surface area contributed by atoms with E-state index in [0.29, 0.717) is 11.8 Å². The molecule has 0 N–H and O–H groups in total. The molecule has 7 atom stereocenters. The van der Waals surface area contributed by atoms with E-state index in [0.717, 1.165) is 37.4 Å². The lowest BCUT2D eigenvalue weighted by atomic mass is 9.47. The second-order valence-corrected chi connectivity index (χ2v) is 10.2. The van der Waals surface area contributed by atoms with Crippen molar-refractivity contribution in [2.75, 3.05) is 7.11 Å². The Morgan fingerprint density at radius 2 is 2.00 bits per heavy atom. The van der Waals surface area contributed by atoms with Gasteiger partial charge in [0.25, 0.3) is 0 Å². The summed E-state index contributed by atoms with van der Waals surface area (Å²) in [7, 11) is 1.79. The fourth-order valence-electron chi connectivity index (χ4n) is 8.08. The number of Topliss-reactive ketones (excluding diaryl/α,β-unsaturated/α-hetero) is 1. The van der Waals surface area contributed by atoms with E-state index >= 15 is 0 Å². The number of carbonyl (C=O) groups excluding carboxylic acids is 1. The summed E-state index contributed by atoms with van der Waals surface area (Å²) in [4.78, 5) is 12.6. The molecule has 26 heavy (non-hydrogen) atoms. The molecular formula is C23H32O3. The minimum absolute atomic E-state index is 0.0125. The Morgan fingerprint density at radius 3 is 2.69 bits per heavy atom. The van der Waals surface area contributed by atoms with Gasteiger partial charge in [0.15, 0.2) is 11.4 Å². The molecule has 0 radical (unpaired) electrons. The zero-order valence-corrected chi connectivity index (χ0v) is 16.9. The van der Waals surface area contributed by atoms with Gasteiger partial charge in [0.1, 0.15) is 5.60 Å². The van der Waals surface area contributed by atoms with Crippen LogP contribution in [0.2, 0.25) is 0 Å². The monoisotopic (exact) mass is 356 g/mol. The van der Waals surface area contributed by atoms with E-state index in [1.165, 1.54) is 18.4 Å². The quantitative estimate of drug-likeness (QED) is 0.666. The van der Waals surface area contributed by atoms with E-state index < -0.39 is 5.60 Å². The molecule has 3 heteroatoms. The van der Waals surface area contributed by atoms with Gasteiger partial charge in [-0.2, -0.15) is 0 Å². The van der Waals surface area contributed by atoms with E-state index in [1.54, 1.807) is 14.0 Å². The van der Waals surface area contributed by atoms with Crippen LogP contribution < -0.4 is 0 Å². The Labute approximate surface area is 157 Å². The fourth-order valence-corrected chi connectivity index (χ4v) is 8.08. The summed E-state index contributed by atoms with van der Waals surface area (Å²) in [5.41, 5.74) is 1.06. The van der Waals surface area contributed by atoms with Gasteiger partial charge in [0.2, 0.25) is 0 Å². The van der Waals surface area contributed by atoms with Gasteiger partial charge in [-0.15, -0.1) is 0 Å². The van der Waals surface area contributed by atoms with Crippen LogP contribution in [0.25, 0.3) is 0 Å². The molecule has 0 aromatic heterocycles. The Morgan fingerprint density at radius 1 is 1.23 bits per heavy atom. The third-order valence-corrected chi connectivity index (χ3v) is 9.37. The van der Waals surface area contributed by atoms with Crippen LogP contribution in [0.15, 0.2) is 23.5 Å². The van der Waals surface area contributed by atoms with Gasteiger partial charge in [-0.05, 0) is 80.8 Å². The number of fused-ring (bicyclic) bond motifs is 7. The van der Waals surface area contributed by atoms with Crippen LogP contribution in [0.5, 0.6) is 0 Å². The molecule has 0 aromatic rings. The van der Waals surface area contributed by atoms with E-state index in [4.69, 9.17) is 9.47 Å². The summed E-state index contributed by atoms with van der Waals surface area (Å²) in [5, 5.41) is 0. The summed E-state index contributed by atoms with van der Waals surface area (Å²) >= 11 is 0. The molecule has 0 bridgehead atoms. The molecule has 0 amide bonds. The number of ether oxygens (including phenoxy) is 2. The maximum absolute atomic E-state index is 12.6. The maximum atomic E-state index is 12.6. The van der Waals surface area contributed by atoms with E-state index in [-0.39, 0.29) is 22.2 Å². The minimum Gasteiger partial charge on any atom is -0.501 e. The van der Waals surface area contributed by atoms with Crippen molar-refractivity contribution in [3.8, 4) is 0 Å². The smallest absolute Gasteiger partial charge is 0.165 e. The molecule has 0 spiro atoms. The van der Waals surface area contributed by atoms with E-state index in [9.17, 15) is 4.79 Å². The van der Waals surface area contributed by atoms with Gasteiger partial charge in [-0.25, -0.2) is 0 Å². The second-order valence-electron chi connectivity index (χ2n) is 10.2. The molecule has 1 aliphatic heterocycles.